The van der Waals surface area contributed by atoms with Crippen molar-refractivity contribution in [2.24, 2.45) is 17.6 Å². The van der Waals surface area contributed by atoms with E-state index in [4.69, 9.17) is 10.5 Å². The molecule has 1 rings (SSSR count). The van der Waals surface area contributed by atoms with Crippen LogP contribution in [0.3, 0.4) is 0 Å². The number of rotatable bonds is 6. The lowest BCUT2D eigenvalue weighted by Gasteiger charge is -2.20. The third kappa shape index (κ3) is 3.97. The van der Waals surface area contributed by atoms with Crippen molar-refractivity contribution in [3.63, 3.8) is 0 Å². The number of hydrogen-bond donors (Lipinski definition) is 1. The fraction of sp³-hybridized carbons (Fsp3) is 1.00. The summed E-state index contributed by atoms with van der Waals surface area (Å²) in [5, 5.41) is 0. The summed E-state index contributed by atoms with van der Waals surface area (Å²) >= 11 is 0. The van der Waals surface area contributed by atoms with Gasteiger partial charge in [0.15, 0.2) is 0 Å². The molecule has 0 bridgehead atoms. The molecule has 1 fully saturated rings. The Morgan fingerprint density at radius 2 is 2.07 bits per heavy atom. The topological polar surface area (TPSA) is 35.2 Å². The monoisotopic (exact) mass is 199 g/mol. The molecule has 0 aromatic rings. The lowest BCUT2D eigenvalue weighted by molar-refractivity contribution is 0.181. The summed E-state index contributed by atoms with van der Waals surface area (Å²) in [6.45, 7) is 6.41. The molecular formula is C12H25NO. The average Bonchev–Trinajstić information content (AvgIpc) is 2.66. The van der Waals surface area contributed by atoms with Gasteiger partial charge in [0.1, 0.15) is 0 Å². The Kier molecular flexibility index (Phi) is 5.49. The molecule has 84 valence electrons. The van der Waals surface area contributed by atoms with Crippen LogP contribution in [0.5, 0.6) is 0 Å². The summed E-state index contributed by atoms with van der Waals surface area (Å²) in [5.41, 5.74) is 6.15. The maximum Gasteiger partial charge on any atom is 0.0495 e. The highest BCUT2D eigenvalue weighted by molar-refractivity contribution is 4.73. The van der Waals surface area contributed by atoms with Crippen LogP contribution in [0.25, 0.3) is 0 Å². The van der Waals surface area contributed by atoms with Gasteiger partial charge in [0, 0.05) is 19.3 Å². The molecule has 0 amide bonds. The minimum absolute atomic E-state index is 0.395. The lowest BCUT2D eigenvalue weighted by atomic mass is 9.90. The van der Waals surface area contributed by atoms with Crippen LogP contribution in [0.2, 0.25) is 0 Å². The van der Waals surface area contributed by atoms with Crippen LogP contribution in [0, 0.1) is 11.8 Å². The molecule has 14 heavy (non-hydrogen) atoms. The van der Waals surface area contributed by atoms with Gasteiger partial charge in [-0.1, -0.05) is 26.7 Å². The standard InChI is InChI=1S/C12H25NO/c1-3-10(4-2)7-12(13)8-11-5-6-14-9-11/h10-12H,3-9,13H2,1-2H3. The van der Waals surface area contributed by atoms with E-state index in [2.05, 4.69) is 13.8 Å². The molecule has 1 saturated heterocycles. The van der Waals surface area contributed by atoms with E-state index in [9.17, 15) is 0 Å². The first-order valence-electron chi connectivity index (χ1n) is 6.09. The average molecular weight is 199 g/mol. The molecule has 0 aromatic heterocycles. The van der Waals surface area contributed by atoms with E-state index in [0.29, 0.717) is 6.04 Å². The van der Waals surface area contributed by atoms with Gasteiger partial charge in [0.2, 0.25) is 0 Å². The van der Waals surface area contributed by atoms with E-state index in [-0.39, 0.29) is 0 Å². The first-order valence-corrected chi connectivity index (χ1v) is 6.09. The fourth-order valence-electron chi connectivity index (χ4n) is 2.34. The highest BCUT2D eigenvalue weighted by Crippen LogP contribution is 2.22. The maximum absolute atomic E-state index is 6.15. The normalized spacial score (nSPS) is 24.4. The van der Waals surface area contributed by atoms with Crippen LogP contribution in [0.4, 0.5) is 0 Å². The van der Waals surface area contributed by atoms with E-state index >= 15 is 0 Å². The van der Waals surface area contributed by atoms with Crippen molar-refractivity contribution in [1.82, 2.24) is 0 Å². The summed E-state index contributed by atoms with van der Waals surface area (Å²) in [5.74, 6) is 1.56. The Bertz CT molecular complexity index is 135. The second kappa shape index (κ2) is 6.41. The molecule has 2 atom stereocenters. The van der Waals surface area contributed by atoms with Gasteiger partial charge in [-0.05, 0) is 31.1 Å². The van der Waals surface area contributed by atoms with Gasteiger partial charge in [-0.3, -0.25) is 0 Å². The summed E-state index contributed by atoms with van der Waals surface area (Å²) in [7, 11) is 0. The molecular weight excluding hydrogens is 174 g/mol. The van der Waals surface area contributed by atoms with E-state index in [0.717, 1.165) is 31.5 Å². The fourth-order valence-corrected chi connectivity index (χ4v) is 2.34. The van der Waals surface area contributed by atoms with Crippen LogP contribution < -0.4 is 5.73 Å². The molecule has 1 heterocycles. The molecule has 2 N–H and O–H groups in total. The zero-order valence-corrected chi connectivity index (χ0v) is 9.67. The second-order valence-corrected chi connectivity index (χ2v) is 4.64. The Morgan fingerprint density at radius 1 is 1.36 bits per heavy atom. The van der Waals surface area contributed by atoms with Crippen molar-refractivity contribution < 1.29 is 4.74 Å². The Hall–Kier alpha value is -0.0800. The van der Waals surface area contributed by atoms with Gasteiger partial charge in [0.25, 0.3) is 0 Å². The van der Waals surface area contributed by atoms with Gasteiger partial charge in [0.05, 0.1) is 0 Å². The largest absolute Gasteiger partial charge is 0.381 e. The molecule has 0 aromatic carbocycles. The third-order valence-electron chi connectivity index (χ3n) is 3.45. The molecule has 1 aliphatic heterocycles. The smallest absolute Gasteiger partial charge is 0.0495 e. The molecule has 0 aliphatic carbocycles. The van der Waals surface area contributed by atoms with Crippen molar-refractivity contribution in [2.75, 3.05) is 13.2 Å². The van der Waals surface area contributed by atoms with Gasteiger partial charge in [-0.15, -0.1) is 0 Å². The Labute approximate surface area is 88.2 Å². The summed E-state index contributed by atoms with van der Waals surface area (Å²) in [6, 6.07) is 0.395. The quantitative estimate of drug-likeness (QED) is 0.713. The molecule has 2 heteroatoms. The zero-order chi connectivity index (χ0) is 10.4. The number of nitrogens with two attached hydrogens (primary N) is 1. The minimum Gasteiger partial charge on any atom is -0.381 e. The molecule has 2 unspecified atom stereocenters. The highest BCUT2D eigenvalue weighted by atomic mass is 16.5. The van der Waals surface area contributed by atoms with Crippen molar-refractivity contribution in [1.29, 1.82) is 0 Å². The van der Waals surface area contributed by atoms with E-state index < -0.39 is 0 Å². The van der Waals surface area contributed by atoms with Crippen LogP contribution in [-0.4, -0.2) is 19.3 Å². The van der Waals surface area contributed by atoms with Crippen molar-refractivity contribution in [3.8, 4) is 0 Å². The van der Waals surface area contributed by atoms with Gasteiger partial charge < -0.3 is 10.5 Å². The Morgan fingerprint density at radius 3 is 2.57 bits per heavy atom. The van der Waals surface area contributed by atoms with Crippen LogP contribution >= 0.6 is 0 Å². The number of hydrogen-bond acceptors (Lipinski definition) is 2. The maximum atomic E-state index is 6.15. The van der Waals surface area contributed by atoms with Crippen LogP contribution in [0.1, 0.15) is 46.0 Å². The summed E-state index contributed by atoms with van der Waals surface area (Å²) in [6.07, 6.45) is 6.12. The van der Waals surface area contributed by atoms with Gasteiger partial charge in [-0.2, -0.15) is 0 Å². The summed E-state index contributed by atoms with van der Waals surface area (Å²) in [4.78, 5) is 0. The van der Waals surface area contributed by atoms with Crippen molar-refractivity contribution in [3.05, 3.63) is 0 Å². The van der Waals surface area contributed by atoms with E-state index in [1.807, 2.05) is 0 Å². The number of ether oxygens (including phenoxy) is 1. The molecule has 2 nitrogen and oxygen atoms in total. The predicted molar refractivity (Wildman–Crippen MR) is 60.2 cm³/mol. The first kappa shape index (κ1) is 12.0. The van der Waals surface area contributed by atoms with Crippen molar-refractivity contribution >= 4 is 0 Å². The molecule has 0 radical (unpaired) electrons. The second-order valence-electron chi connectivity index (χ2n) is 4.64. The highest BCUT2D eigenvalue weighted by Gasteiger charge is 2.20. The van der Waals surface area contributed by atoms with Crippen molar-refractivity contribution in [2.45, 2.75) is 52.0 Å². The zero-order valence-electron chi connectivity index (χ0n) is 9.67. The van der Waals surface area contributed by atoms with Crippen LogP contribution in [-0.2, 0) is 4.74 Å². The SMILES string of the molecule is CCC(CC)CC(N)CC1CCOC1. The minimum atomic E-state index is 0.395. The van der Waals surface area contributed by atoms with E-state index in [1.165, 1.54) is 25.7 Å². The van der Waals surface area contributed by atoms with Gasteiger partial charge in [-0.25, -0.2) is 0 Å². The predicted octanol–water partition coefficient (Wildman–Crippen LogP) is 2.57. The Balaban J connectivity index is 2.16. The van der Waals surface area contributed by atoms with E-state index in [1.54, 1.807) is 0 Å². The first-order chi connectivity index (χ1) is 6.76. The lowest BCUT2D eigenvalue weighted by Crippen LogP contribution is -2.26. The third-order valence-corrected chi connectivity index (χ3v) is 3.45. The van der Waals surface area contributed by atoms with Crippen LogP contribution in [0.15, 0.2) is 0 Å². The molecule has 0 saturated carbocycles. The van der Waals surface area contributed by atoms with Gasteiger partial charge >= 0.3 is 0 Å². The molecule has 1 aliphatic rings. The summed E-state index contributed by atoms with van der Waals surface area (Å²) < 4.78 is 5.36. The molecule has 0 spiro atoms.